The van der Waals surface area contributed by atoms with E-state index in [-0.39, 0.29) is 12.2 Å². The molecule has 2 aromatic rings. The predicted molar refractivity (Wildman–Crippen MR) is 85.2 cm³/mol. The monoisotopic (exact) mass is 332 g/mol. The Morgan fingerprint density at radius 3 is 2.54 bits per heavy atom. The molecule has 2 N–H and O–H groups in total. The number of hydrogen-bond donors (Lipinski definition) is 2. The average Bonchev–Trinajstić information content (AvgIpc) is 2.58. The van der Waals surface area contributed by atoms with Crippen molar-refractivity contribution >= 4 is 11.8 Å². The van der Waals surface area contributed by atoms with Gasteiger partial charge in [0, 0.05) is 6.07 Å². The Kier molecular flexibility index (Phi) is 5.73. The zero-order chi connectivity index (χ0) is 17.5. The highest BCUT2D eigenvalue weighted by Gasteiger charge is 2.13. The largest absolute Gasteiger partial charge is 0.497 e. The third kappa shape index (κ3) is 4.45. The second kappa shape index (κ2) is 7.96. The quantitative estimate of drug-likeness (QED) is 0.821. The van der Waals surface area contributed by atoms with E-state index in [1.165, 1.54) is 19.2 Å². The molecule has 0 radical (unpaired) electrons. The van der Waals surface area contributed by atoms with Gasteiger partial charge in [-0.1, -0.05) is 18.2 Å². The van der Waals surface area contributed by atoms with Crippen LogP contribution in [0.2, 0.25) is 0 Å². The highest BCUT2D eigenvalue weighted by Crippen LogP contribution is 2.16. The van der Waals surface area contributed by atoms with Crippen molar-refractivity contribution in [3.63, 3.8) is 0 Å². The van der Waals surface area contributed by atoms with Gasteiger partial charge in [-0.05, 0) is 30.7 Å². The third-order valence-electron chi connectivity index (χ3n) is 3.19. The van der Waals surface area contributed by atoms with Gasteiger partial charge < -0.3 is 9.47 Å². The van der Waals surface area contributed by atoms with Crippen LogP contribution in [0.5, 0.6) is 11.5 Å². The molecule has 6 nitrogen and oxygen atoms in total. The first-order chi connectivity index (χ1) is 11.5. The fraction of sp³-hybridized carbons (Fsp3) is 0.176. The molecule has 0 fully saturated rings. The summed E-state index contributed by atoms with van der Waals surface area (Å²) in [6.45, 7) is 1.57. The molecule has 0 aliphatic heterocycles. The summed E-state index contributed by atoms with van der Waals surface area (Å²) < 4.78 is 23.9. The van der Waals surface area contributed by atoms with E-state index >= 15 is 0 Å². The van der Waals surface area contributed by atoms with Crippen molar-refractivity contribution in [3.8, 4) is 11.5 Å². The number of hydrazine groups is 1. The van der Waals surface area contributed by atoms with Gasteiger partial charge in [0.15, 0.2) is 6.61 Å². The highest BCUT2D eigenvalue weighted by molar-refractivity contribution is 5.95. The summed E-state index contributed by atoms with van der Waals surface area (Å²) in [5.41, 5.74) is 4.97. The van der Waals surface area contributed by atoms with E-state index in [1.54, 1.807) is 12.1 Å². The van der Waals surface area contributed by atoms with Crippen LogP contribution >= 0.6 is 0 Å². The lowest BCUT2D eigenvalue weighted by molar-refractivity contribution is -0.123. The first kappa shape index (κ1) is 17.3. The van der Waals surface area contributed by atoms with Crippen molar-refractivity contribution in [2.75, 3.05) is 13.7 Å². The Morgan fingerprint density at radius 1 is 1.12 bits per heavy atom. The van der Waals surface area contributed by atoms with Crippen molar-refractivity contribution in [2.45, 2.75) is 6.92 Å². The molecule has 0 heterocycles. The Labute approximate surface area is 138 Å². The third-order valence-corrected chi connectivity index (χ3v) is 3.19. The zero-order valence-electron chi connectivity index (χ0n) is 13.3. The molecule has 0 spiro atoms. The smallest absolute Gasteiger partial charge is 0.276 e. The normalized spacial score (nSPS) is 9.96. The second-order valence-corrected chi connectivity index (χ2v) is 4.90. The van der Waals surface area contributed by atoms with Gasteiger partial charge in [0.05, 0.1) is 12.7 Å². The Bertz CT molecular complexity index is 749. The summed E-state index contributed by atoms with van der Waals surface area (Å²) in [6.07, 6.45) is 0. The summed E-state index contributed by atoms with van der Waals surface area (Å²) in [6, 6.07) is 11.0. The van der Waals surface area contributed by atoms with Gasteiger partial charge in [-0.25, -0.2) is 4.39 Å². The standard InChI is InChI=1S/C17H17FN2O4/c1-11-5-3-4-6-15(11)24-10-16(21)19-20-17(22)13-8-7-12(23-2)9-14(13)18/h3-9H,10H2,1-2H3,(H,19,21)(H,20,22). The molecule has 0 atom stereocenters. The SMILES string of the molecule is COc1ccc(C(=O)NNC(=O)COc2ccccc2C)c(F)c1. The molecule has 2 aromatic carbocycles. The molecule has 0 aliphatic carbocycles. The molecule has 0 saturated carbocycles. The summed E-state index contributed by atoms with van der Waals surface area (Å²) in [5, 5.41) is 0. The fourth-order valence-electron chi connectivity index (χ4n) is 1.90. The van der Waals surface area contributed by atoms with Crippen LogP contribution in [0.1, 0.15) is 15.9 Å². The number of carbonyl (C=O) groups is 2. The summed E-state index contributed by atoms with van der Waals surface area (Å²) in [7, 11) is 1.39. The summed E-state index contributed by atoms with van der Waals surface area (Å²) in [5.74, 6) is -1.24. The molecular weight excluding hydrogens is 315 g/mol. The average molecular weight is 332 g/mol. The molecule has 2 amide bonds. The van der Waals surface area contributed by atoms with Crippen LogP contribution in [-0.2, 0) is 4.79 Å². The lowest BCUT2D eigenvalue weighted by atomic mass is 10.2. The van der Waals surface area contributed by atoms with Crippen LogP contribution in [0.3, 0.4) is 0 Å². The van der Waals surface area contributed by atoms with Crippen LogP contribution in [0, 0.1) is 12.7 Å². The second-order valence-electron chi connectivity index (χ2n) is 4.90. The summed E-state index contributed by atoms with van der Waals surface area (Å²) in [4.78, 5) is 23.5. The van der Waals surface area contributed by atoms with Gasteiger partial charge in [-0.15, -0.1) is 0 Å². The zero-order valence-corrected chi connectivity index (χ0v) is 13.3. The van der Waals surface area contributed by atoms with Crippen LogP contribution in [0.4, 0.5) is 4.39 Å². The number of halogens is 1. The molecular formula is C17H17FN2O4. The van der Waals surface area contributed by atoms with Crippen molar-refractivity contribution < 1.29 is 23.5 Å². The van der Waals surface area contributed by atoms with Crippen LogP contribution in [0.25, 0.3) is 0 Å². The van der Waals surface area contributed by atoms with E-state index in [1.807, 2.05) is 19.1 Å². The van der Waals surface area contributed by atoms with E-state index in [4.69, 9.17) is 9.47 Å². The van der Waals surface area contributed by atoms with Crippen LogP contribution < -0.4 is 20.3 Å². The number of amides is 2. The molecule has 24 heavy (non-hydrogen) atoms. The number of para-hydroxylation sites is 1. The lowest BCUT2D eigenvalue weighted by Gasteiger charge is -2.10. The lowest BCUT2D eigenvalue weighted by Crippen LogP contribution is -2.44. The van der Waals surface area contributed by atoms with Crippen LogP contribution in [0.15, 0.2) is 42.5 Å². The van der Waals surface area contributed by atoms with Crippen molar-refractivity contribution in [1.29, 1.82) is 0 Å². The van der Waals surface area contributed by atoms with Gasteiger partial charge in [0.25, 0.3) is 11.8 Å². The number of ether oxygens (including phenoxy) is 2. The van der Waals surface area contributed by atoms with E-state index < -0.39 is 17.6 Å². The molecule has 126 valence electrons. The molecule has 0 bridgehead atoms. The predicted octanol–water partition coefficient (Wildman–Crippen LogP) is 1.98. The van der Waals surface area contributed by atoms with Gasteiger partial charge in [0.1, 0.15) is 17.3 Å². The Morgan fingerprint density at radius 2 is 1.88 bits per heavy atom. The molecule has 2 rings (SSSR count). The Hall–Kier alpha value is -3.09. The molecule has 0 saturated heterocycles. The van der Waals surface area contributed by atoms with E-state index in [0.29, 0.717) is 11.5 Å². The Balaban J connectivity index is 1.85. The number of methoxy groups -OCH3 is 1. The highest BCUT2D eigenvalue weighted by atomic mass is 19.1. The minimum atomic E-state index is -0.778. The van der Waals surface area contributed by atoms with Gasteiger partial charge in [0.2, 0.25) is 0 Å². The molecule has 0 unspecified atom stereocenters. The van der Waals surface area contributed by atoms with E-state index in [2.05, 4.69) is 10.9 Å². The summed E-state index contributed by atoms with van der Waals surface area (Å²) >= 11 is 0. The minimum Gasteiger partial charge on any atom is -0.497 e. The molecule has 7 heteroatoms. The fourth-order valence-corrected chi connectivity index (χ4v) is 1.90. The van der Waals surface area contributed by atoms with Crippen molar-refractivity contribution in [2.24, 2.45) is 0 Å². The van der Waals surface area contributed by atoms with Crippen molar-refractivity contribution in [3.05, 3.63) is 59.4 Å². The van der Waals surface area contributed by atoms with E-state index in [0.717, 1.165) is 11.6 Å². The maximum Gasteiger partial charge on any atom is 0.276 e. The maximum absolute atomic E-state index is 13.7. The molecule has 0 aliphatic rings. The molecule has 0 aromatic heterocycles. The van der Waals surface area contributed by atoms with Gasteiger partial charge in [-0.2, -0.15) is 0 Å². The van der Waals surface area contributed by atoms with Crippen LogP contribution in [-0.4, -0.2) is 25.5 Å². The number of nitrogens with one attached hydrogen (secondary N) is 2. The number of rotatable bonds is 5. The maximum atomic E-state index is 13.7. The number of hydrogen-bond acceptors (Lipinski definition) is 4. The topological polar surface area (TPSA) is 76.7 Å². The van der Waals surface area contributed by atoms with Crippen molar-refractivity contribution in [1.82, 2.24) is 10.9 Å². The number of aryl methyl sites for hydroxylation is 1. The minimum absolute atomic E-state index is 0.212. The van der Waals surface area contributed by atoms with E-state index in [9.17, 15) is 14.0 Å². The first-order valence-corrected chi connectivity index (χ1v) is 7.12. The number of benzene rings is 2. The van der Waals surface area contributed by atoms with Gasteiger partial charge >= 0.3 is 0 Å². The van der Waals surface area contributed by atoms with Gasteiger partial charge in [-0.3, -0.25) is 20.4 Å². The number of carbonyl (C=O) groups excluding carboxylic acids is 2. The first-order valence-electron chi connectivity index (χ1n) is 7.12.